The fourth-order valence-electron chi connectivity index (χ4n) is 1.53. The second-order valence-corrected chi connectivity index (χ2v) is 4.74. The Morgan fingerprint density at radius 1 is 1.32 bits per heavy atom. The minimum atomic E-state index is -0.633. The minimum Gasteiger partial charge on any atom is -0.505 e. The predicted octanol–water partition coefficient (Wildman–Crippen LogP) is 3.13. The first-order chi connectivity index (χ1) is 8.99. The predicted molar refractivity (Wildman–Crippen MR) is 74.6 cm³/mol. The van der Waals surface area contributed by atoms with Crippen LogP contribution in [0.5, 0.6) is 5.75 Å². The number of para-hydroxylation sites is 1. The van der Waals surface area contributed by atoms with Gasteiger partial charge in [-0.1, -0.05) is 22.0 Å². The van der Waals surface area contributed by atoms with Crippen molar-refractivity contribution in [2.24, 2.45) is 0 Å². The highest BCUT2D eigenvalue weighted by atomic mass is 79.9. The summed E-state index contributed by atoms with van der Waals surface area (Å²) in [6, 6.07) is 8.64. The number of amides is 1. The molecule has 0 aliphatic carbocycles. The van der Waals surface area contributed by atoms with Gasteiger partial charge in [-0.3, -0.25) is 4.79 Å². The molecule has 2 aromatic rings. The van der Waals surface area contributed by atoms with Crippen molar-refractivity contribution < 1.29 is 14.3 Å². The van der Waals surface area contributed by atoms with Crippen LogP contribution in [0.4, 0.5) is 15.8 Å². The van der Waals surface area contributed by atoms with Crippen LogP contribution in [0.25, 0.3) is 0 Å². The van der Waals surface area contributed by atoms with Crippen LogP contribution in [0.3, 0.4) is 0 Å². The van der Waals surface area contributed by atoms with E-state index in [4.69, 9.17) is 5.73 Å². The van der Waals surface area contributed by atoms with Crippen molar-refractivity contribution in [1.29, 1.82) is 0 Å². The molecule has 0 aliphatic rings. The molecule has 0 aromatic heterocycles. The van der Waals surface area contributed by atoms with Crippen LogP contribution in [0.1, 0.15) is 10.4 Å². The summed E-state index contributed by atoms with van der Waals surface area (Å²) in [6.45, 7) is 0. The number of hydrogen-bond acceptors (Lipinski definition) is 3. The Kier molecular flexibility index (Phi) is 3.71. The largest absolute Gasteiger partial charge is 0.505 e. The van der Waals surface area contributed by atoms with E-state index < -0.39 is 11.7 Å². The average molecular weight is 325 g/mol. The summed E-state index contributed by atoms with van der Waals surface area (Å²) in [6.07, 6.45) is 0. The lowest BCUT2D eigenvalue weighted by molar-refractivity contribution is 0.102. The number of nitrogens with one attached hydrogen (secondary N) is 1. The van der Waals surface area contributed by atoms with E-state index in [2.05, 4.69) is 21.2 Å². The highest BCUT2D eigenvalue weighted by Gasteiger charge is 2.14. The third kappa shape index (κ3) is 2.85. The Bertz CT molecular complexity index is 647. The fourth-order valence-corrected chi connectivity index (χ4v) is 1.86. The van der Waals surface area contributed by atoms with E-state index in [0.717, 1.165) is 0 Å². The molecule has 1 amide bonds. The van der Waals surface area contributed by atoms with Gasteiger partial charge in [0.1, 0.15) is 5.82 Å². The number of nitrogens with two attached hydrogens (primary N) is 1. The number of hydrogen-bond donors (Lipinski definition) is 3. The Morgan fingerprint density at radius 3 is 2.74 bits per heavy atom. The number of carbonyl (C=O) groups is 1. The van der Waals surface area contributed by atoms with E-state index in [9.17, 15) is 14.3 Å². The van der Waals surface area contributed by atoms with Crippen LogP contribution in [0, 0.1) is 5.82 Å². The number of aromatic hydroxyl groups is 1. The monoisotopic (exact) mass is 324 g/mol. The van der Waals surface area contributed by atoms with Gasteiger partial charge in [0.2, 0.25) is 0 Å². The maximum Gasteiger partial charge on any atom is 0.259 e. The molecule has 98 valence electrons. The maximum atomic E-state index is 13.6. The molecular formula is C13H10BrFN2O2. The first kappa shape index (κ1) is 13.4. The zero-order valence-electron chi connectivity index (χ0n) is 9.65. The average Bonchev–Trinajstić information content (AvgIpc) is 2.36. The number of halogens is 2. The van der Waals surface area contributed by atoms with E-state index in [1.54, 1.807) is 6.07 Å². The highest BCUT2D eigenvalue weighted by molar-refractivity contribution is 9.10. The van der Waals surface area contributed by atoms with Gasteiger partial charge in [-0.2, -0.15) is 0 Å². The zero-order chi connectivity index (χ0) is 14.0. The first-order valence-corrected chi connectivity index (χ1v) is 6.12. The van der Waals surface area contributed by atoms with Gasteiger partial charge in [0, 0.05) is 4.47 Å². The van der Waals surface area contributed by atoms with Crippen molar-refractivity contribution in [3.8, 4) is 5.75 Å². The van der Waals surface area contributed by atoms with Crippen molar-refractivity contribution in [1.82, 2.24) is 0 Å². The van der Waals surface area contributed by atoms with Gasteiger partial charge >= 0.3 is 0 Å². The molecule has 0 saturated carbocycles. The Balaban J connectivity index is 2.28. The van der Waals surface area contributed by atoms with E-state index in [-0.39, 0.29) is 22.7 Å². The molecule has 4 nitrogen and oxygen atoms in total. The van der Waals surface area contributed by atoms with E-state index in [1.165, 1.54) is 30.3 Å². The topological polar surface area (TPSA) is 75.4 Å². The molecule has 6 heteroatoms. The molecule has 0 radical (unpaired) electrons. The van der Waals surface area contributed by atoms with Gasteiger partial charge in [-0.15, -0.1) is 0 Å². The van der Waals surface area contributed by atoms with Crippen LogP contribution >= 0.6 is 15.9 Å². The number of phenolic OH excluding ortho intramolecular Hbond substituents is 1. The molecule has 0 heterocycles. The lowest BCUT2D eigenvalue weighted by Crippen LogP contribution is -2.13. The van der Waals surface area contributed by atoms with E-state index >= 15 is 0 Å². The van der Waals surface area contributed by atoms with Gasteiger partial charge in [-0.25, -0.2) is 4.39 Å². The molecule has 2 aromatic carbocycles. The number of nitrogen functional groups attached to an aromatic ring is 1. The van der Waals surface area contributed by atoms with Gasteiger partial charge in [0.15, 0.2) is 5.75 Å². The first-order valence-electron chi connectivity index (χ1n) is 5.33. The van der Waals surface area contributed by atoms with Crippen LogP contribution < -0.4 is 11.1 Å². The van der Waals surface area contributed by atoms with Crippen LogP contribution in [0.15, 0.2) is 40.9 Å². The molecule has 2 rings (SSSR count). The summed E-state index contributed by atoms with van der Waals surface area (Å²) in [7, 11) is 0. The van der Waals surface area contributed by atoms with Gasteiger partial charge in [0.25, 0.3) is 5.91 Å². The van der Waals surface area contributed by atoms with E-state index in [1.807, 2.05) is 0 Å². The quantitative estimate of drug-likeness (QED) is 0.586. The van der Waals surface area contributed by atoms with Crippen LogP contribution in [-0.4, -0.2) is 11.0 Å². The molecule has 0 aliphatic heterocycles. The number of phenols is 1. The van der Waals surface area contributed by atoms with E-state index in [0.29, 0.717) is 4.47 Å². The van der Waals surface area contributed by atoms with Crippen molar-refractivity contribution in [2.75, 3.05) is 11.1 Å². The summed E-state index contributed by atoms with van der Waals surface area (Å²) in [5.41, 5.74) is 5.59. The maximum absolute atomic E-state index is 13.6. The van der Waals surface area contributed by atoms with Gasteiger partial charge in [-0.05, 0) is 30.3 Å². The summed E-state index contributed by atoms with van der Waals surface area (Å²) in [5, 5.41) is 12.0. The molecule has 0 spiro atoms. The lowest BCUT2D eigenvalue weighted by atomic mass is 10.1. The Labute approximate surface area is 117 Å². The molecule has 0 atom stereocenters. The minimum absolute atomic E-state index is 0.0117. The van der Waals surface area contributed by atoms with Crippen molar-refractivity contribution >= 4 is 33.2 Å². The molecule has 0 unspecified atom stereocenters. The smallest absolute Gasteiger partial charge is 0.259 e. The number of carbonyl (C=O) groups excluding carboxylic acids is 1. The summed E-state index contributed by atoms with van der Waals surface area (Å²) < 4.78 is 14.1. The van der Waals surface area contributed by atoms with Crippen LogP contribution in [-0.2, 0) is 0 Å². The number of benzene rings is 2. The second-order valence-electron chi connectivity index (χ2n) is 3.82. The van der Waals surface area contributed by atoms with Crippen LogP contribution in [0.2, 0.25) is 0 Å². The third-order valence-corrected chi connectivity index (χ3v) is 2.98. The molecule has 0 fully saturated rings. The molecule has 4 N–H and O–H groups in total. The third-order valence-electron chi connectivity index (χ3n) is 2.49. The normalized spacial score (nSPS) is 10.2. The van der Waals surface area contributed by atoms with Gasteiger partial charge in [0.05, 0.1) is 16.9 Å². The SMILES string of the molecule is Nc1cccc(C(=O)Nc2ccc(Br)cc2F)c1O. The Morgan fingerprint density at radius 2 is 2.05 bits per heavy atom. The molecular weight excluding hydrogens is 315 g/mol. The van der Waals surface area contributed by atoms with Crippen molar-refractivity contribution in [3.63, 3.8) is 0 Å². The van der Waals surface area contributed by atoms with Crippen molar-refractivity contribution in [2.45, 2.75) is 0 Å². The Hall–Kier alpha value is -2.08. The summed E-state index contributed by atoms with van der Waals surface area (Å²) in [5.74, 6) is -1.53. The standard InChI is InChI=1S/C13H10BrFN2O2/c14-7-4-5-11(9(15)6-7)17-13(19)8-2-1-3-10(16)12(8)18/h1-6,18H,16H2,(H,17,19). The molecule has 19 heavy (non-hydrogen) atoms. The second kappa shape index (κ2) is 5.27. The number of anilines is 2. The summed E-state index contributed by atoms with van der Waals surface area (Å²) >= 11 is 3.12. The fraction of sp³-hybridized carbons (Fsp3) is 0. The zero-order valence-corrected chi connectivity index (χ0v) is 11.2. The highest BCUT2D eigenvalue weighted by Crippen LogP contribution is 2.26. The number of rotatable bonds is 2. The molecule has 0 saturated heterocycles. The molecule has 0 bridgehead atoms. The summed E-state index contributed by atoms with van der Waals surface area (Å²) in [4.78, 5) is 11.9. The lowest BCUT2D eigenvalue weighted by Gasteiger charge is -2.09. The van der Waals surface area contributed by atoms with Crippen molar-refractivity contribution in [3.05, 3.63) is 52.3 Å². The van der Waals surface area contributed by atoms with Gasteiger partial charge < -0.3 is 16.2 Å².